The Bertz CT molecular complexity index is 1160. The van der Waals surface area contributed by atoms with Crippen molar-refractivity contribution in [3.8, 4) is 11.5 Å². The van der Waals surface area contributed by atoms with Gasteiger partial charge >= 0.3 is 23.1 Å². The average molecular weight is 682 g/mol. The van der Waals surface area contributed by atoms with Gasteiger partial charge in [0.1, 0.15) is 22.7 Å². The third-order valence-electron chi connectivity index (χ3n) is 5.32. The summed E-state index contributed by atoms with van der Waals surface area (Å²) >= 11 is 1.59. The first kappa shape index (κ1) is 37.8. The Kier molecular flexibility index (Phi) is 13.6. The first-order valence-corrected chi connectivity index (χ1v) is 14.2. The number of phenolic OH excluding ortho intramolecular Hbond substituents is 1. The zero-order valence-electron chi connectivity index (χ0n) is 25.7. The molecule has 0 aliphatic heterocycles. The maximum absolute atomic E-state index is 13.1. The lowest BCUT2D eigenvalue weighted by Crippen LogP contribution is -2.40. The van der Waals surface area contributed by atoms with Gasteiger partial charge in [0, 0.05) is 43.1 Å². The van der Waals surface area contributed by atoms with E-state index in [1.165, 1.54) is 17.0 Å². The number of halogens is 5. The van der Waals surface area contributed by atoms with Gasteiger partial charge in [0.15, 0.2) is 0 Å². The van der Waals surface area contributed by atoms with Crippen LogP contribution < -0.4 is 4.74 Å². The van der Waals surface area contributed by atoms with Gasteiger partial charge in [-0.2, -0.15) is 17.6 Å². The van der Waals surface area contributed by atoms with Crippen LogP contribution in [0, 0.1) is 0 Å². The van der Waals surface area contributed by atoms with Gasteiger partial charge in [-0.05, 0) is 89.8 Å². The second-order valence-electron chi connectivity index (χ2n) is 11.7. The molecule has 0 spiro atoms. The number of aromatic hydroxyl groups is 1. The quantitative estimate of drug-likeness (QED) is 0.214. The number of nitrogens with zero attached hydrogens (tertiary/aromatic N) is 2. The molecule has 8 nitrogen and oxygen atoms in total. The minimum absolute atomic E-state index is 0.249. The largest absolute Gasteiger partial charge is 0.508 e. The van der Waals surface area contributed by atoms with Crippen LogP contribution in [0.2, 0.25) is 0 Å². The van der Waals surface area contributed by atoms with Gasteiger partial charge in [0.05, 0.1) is 0 Å². The lowest BCUT2D eigenvalue weighted by Gasteiger charge is -2.24. The summed E-state index contributed by atoms with van der Waals surface area (Å²) < 4.78 is 66.0. The summed E-state index contributed by atoms with van der Waals surface area (Å²) in [5.74, 6) is -0.146. The number of benzene rings is 2. The Labute approximate surface area is 259 Å². The normalized spacial score (nSPS) is 12.0. The fourth-order valence-electron chi connectivity index (χ4n) is 3.05. The molecule has 43 heavy (non-hydrogen) atoms. The predicted octanol–water partition coefficient (Wildman–Crippen LogP) is 7.86. The second kappa shape index (κ2) is 15.5. The van der Waals surface area contributed by atoms with Crippen molar-refractivity contribution in [2.24, 2.45) is 0 Å². The fraction of sp³-hybridized carbons (Fsp3) is 0.533. The number of ether oxygens (including phenoxy) is 3. The van der Waals surface area contributed by atoms with Gasteiger partial charge in [-0.3, -0.25) is 0 Å². The number of hydrogen-bond acceptors (Lipinski definition) is 6. The van der Waals surface area contributed by atoms with E-state index in [-0.39, 0.29) is 11.8 Å². The van der Waals surface area contributed by atoms with Crippen LogP contribution in [0.25, 0.3) is 0 Å². The average Bonchev–Trinajstić information content (AvgIpc) is 2.85. The molecule has 0 aliphatic rings. The Balaban J connectivity index is 0.000000453. The minimum Gasteiger partial charge on any atom is -0.508 e. The van der Waals surface area contributed by atoms with E-state index in [1.807, 2.05) is 32.9 Å². The highest BCUT2D eigenvalue weighted by Crippen LogP contribution is 2.40. The highest BCUT2D eigenvalue weighted by molar-refractivity contribution is 9.10. The van der Waals surface area contributed by atoms with Crippen molar-refractivity contribution in [2.75, 3.05) is 27.2 Å². The van der Waals surface area contributed by atoms with Crippen LogP contribution in [0.1, 0.15) is 52.7 Å². The summed E-state index contributed by atoms with van der Waals surface area (Å²) in [6, 6.07) is 12.2. The van der Waals surface area contributed by atoms with Crippen LogP contribution in [-0.4, -0.2) is 76.4 Å². The zero-order chi connectivity index (χ0) is 33.2. The fourth-order valence-corrected chi connectivity index (χ4v) is 3.13. The van der Waals surface area contributed by atoms with Gasteiger partial charge in [0.25, 0.3) is 0 Å². The van der Waals surface area contributed by atoms with Crippen molar-refractivity contribution in [1.82, 2.24) is 9.80 Å². The standard InChI is InChI=1S/C16H20BrF4NO3.C14H21NO3/c1-14(2,3)25-13(23)22(4)10-9-11-5-7-12(8-6-11)24-16(20,21)15(17,18)19;1-14(2,3)18-13(17)15(4)10-9-11-5-7-12(16)8-6-11/h5-8H,9-10H2,1-4H3;5-8,16H,9-10H2,1-4H3. The van der Waals surface area contributed by atoms with Crippen molar-refractivity contribution in [1.29, 1.82) is 0 Å². The third kappa shape index (κ3) is 15.2. The monoisotopic (exact) mass is 680 g/mol. The van der Waals surface area contributed by atoms with E-state index >= 15 is 0 Å². The molecule has 2 amide bonds. The number of hydrogen-bond donors (Lipinski definition) is 1. The molecule has 0 saturated carbocycles. The van der Waals surface area contributed by atoms with E-state index in [9.17, 15) is 27.2 Å². The maximum atomic E-state index is 13.1. The van der Waals surface area contributed by atoms with Crippen LogP contribution >= 0.6 is 15.9 Å². The maximum Gasteiger partial charge on any atom is 0.475 e. The van der Waals surface area contributed by atoms with Crippen LogP contribution in [0.15, 0.2) is 48.5 Å². The van der Waals surface area contributed by atoms with E-state index in [4.69, 9.17) is 14.6 Å². The molecular weight excluding hydrogens is 640 g/mol. The molecule has 242 valence electrons. The number of carbonyl (C=O) groups excluding carboxylic acids is 2. The molecule has 0 radical (unpaired) electrons. The number of alkyl halides is 5. The summed E-state index contributed by atoms with van der Waals surface area (Å²) in [5, 5.41) is 9.17. The number of rotatable bonds is 9. The predicted molar refractivity (Wildman–Crippen MR) is 159 cm³/mol. The summed E-state index contributed by atoms with van der Waals surface area (Å²) in [6.45, 7) is 11.7. The molecule has 1 N–H and O–H groups in total. The summed E-state index contributed by atoms with van der Waals surface area (Å²) in [7, 11) is 3.29. The van der Waals surface area contributed by atoms with Crippen LogP contribution in [0.5, 0.6) is 11.5 Å². The van der Waals surface area contributed by atoms with E-state index in [2.05, 4.69) is 4.74 Å². The Hall–Kier alpha value is -3.22. The number of carbonyl (C=O) groups is 2. The molecule has 0 unspecified atom stereocenters. The second-order valence-corrected chi connectivity index (χ2v) is 12.7. The molecule has 0 aromatic heterocycles. The van der Waals surface area contributed by atoms with Gasteiger partial charge in [-0.1, -0.05) is 24.3 Å². The van der Waals surface area contributed by atoms with Crippen molar-refractivity contribution >= 4 is 28.1 Å². The molecule has 2 aromatic carbocycles. The molecule has 0 saturated heterocycles. The molecular formula is C30H41BrF4N2O6. The molecule has 0 fully saturated rings. The molecule has 2 rings (SSSR count). The van der Waals surface area contributed by atoms with Gasteiger partial charge in [-0.25, -0.2) is 9.59 Å². The first-order valence-electron chi connectivity index (χ1n) is 13.4. The van der Waals surface area contributed by atoms with Crippen LogP contribution in [-0.2, 0) is 22.3 Å². The van der Waals surface area contributed by atoms with Gasteiger partial charge in [0.2, 0.25) is 0 Å². The number of amides is 2. The summed E-state index contributed by atoms with van der Waals surface area (Å²) in [4.78, 5) is 22.0. The SMILES string of the molecule is CN(CCc1ccc(O)cc1)C(=O)OC(C)(C)C.CN(CCc1ccc(OC(F)(F)C(F)(F)Br)cc1)C(=O)OC(C)(C)C. The van der Waals surface area contributed by atoms with Gasteiger partial charge in [-0.15, -0.1) is 0 Å². The molecule has 2 aromatic rings. The van der Waals surface area contributed by atoms with E-state index in [0.29, 0.717) is 19.5 Å². The lowest BCUT2D eigenvalue weighted by molar-refractivity contribution is -0.266. The topological polar surface area (TPSA) is 88.5 Å². The van der Waals surface area contributed by atoms with Crippen LogP contribution in [0.4, 0.5) is 27.2 Å². The minimum atomic E-state index is -4.68. The Morgan fingerprint density at radius 2 is 1.07 bits per heavy atom. The third-order valence-corrected chi connectivity index (χ3v) is 5.78. The highest BCUT2D eigenvalue weighted by Gasteiger charge is 2.57. The summed E-state index contributed by atoms with van der Waals surface area (Å²) in [5.41, 5.74) is 0.719. The van der Waals surface area contributed by atoms with Crippen molar-refractivity contribution in [3.05, 3.63) is 59.7 Å². The summed E-state index contributed by atoms with van der Waals surface area (Å²) in [6.07, 6.45) is -4.31. The molecule has 0 heterocycles. The number of likely N-dealkylation sites (N-methyl/N-ethyl adjacent to an activating group) is 2. The zero-order valence-corrected chi connectivity index (χ0v) is 27.3. The number of phenols is 1. The smallest absolute Gasteiger partial charge is 0.475 e. The Morgan fingerprint density at radius 3 is 1.40 bits per heavy atom. The first-order chi connectivity index (χ1) is 19.5. The lowest BCUT2D eigenvalue weighted by atomic mass is 10.1. The van der Waals surface area contributed by atoms with Crippen molar-refractivity contribution < 1.29 is 46.5 Å². The van der Waals surface area contributed by atoms with E-state index in [1.54, 1.807) is 67.8 Å². The van der Waals surface area contributed by atoms with Crippen molar-refractivity contribution in [2.45, 2.75) is 76.5 Å². The molecule has 0 bridgehead atoms. The van der Waals surface area contributed by atoms with Crippen LogP contribution in [0.3, 0.4) is 0 Å². The van der Waals surface area contributed by atoms with E-state index in [0.717, 1.165) is 29.7 Å². The Morgan fingerprint density at radius 1 is 0.721 bits per heavy atom. The highest BCUT2D eigenvalue weighted by atomic mass is 79.9. The molecule has 13 heteroatoms. The molecule has 0 aliphatic carbocycles. The van der Waals surface area contributed by atoms with Crippen molar-refractivity contribution in [3.63, 3.8) is 0 Å². The van der Waals surface area contributed by atoms with E-state index < -0.39 is 34.0 Å². The van der Waals surface area contributed by atoms with Gasteiger partial charge < -0.3 is 29.1 Å². The molecule has 0 atom stereocenters.